The molecule has 76 valence electrons. The number of Topliss-reactive ketones (excluding diaryl/α,β-unsaturated/α-hetero) is 1. The molecule has 0 saturated carbocycles. The van der Waals surface area contributed by atoms with E-state index in [-0.39, 0.29) is 10.8 Å². The molecule has 0 heterocycles. The number of alkyl halides is 1. The van der Waals surface area contributed by atoms with Crippen LogP contribution in [-0.2, 0) is 0 Å². The van der Waals surface area contributed by atoms with Crippen molar-refractivity contribution in [1.82, 2.24) is 0 Å². The number of carbonyl (C=O) groups is 1. The zero-order valence-corrected chi connectivity index (χ0v) is 9.07. The van der Waals surface area contributed by atoms with Crippen LogP contribution in [0.4, 0.5) is 4.39 Å². The Kier molecular flexibility index (Phi) is 3.90. The normalized spacial score (nSPS) is 12.6. The van der Waals surface area contributed by atoms with Gasteiger partial charge in [-0.2, -0.15) is 0 Å². The maximum absolute atomic E-state index is 12.8. The number of hydrogen-bond acceptors (Lipinski definition) is 1. The molecule has 1 aromatic rings. The van der Waals surface area contributed by atoms with Crippen LogP contribution in [0.2, 0.25) is 5.02 Å². The molecule has 1 atom stereocenters. The van der Waals surface area contributed by atoms with Crippen molar-refractivity contribution in [3.8, 4) is 0 Å². The molecule has 0 aliphatic rings. The van der Waals surface area contributed by atoms with Crippen molar-refractivity contribution < 1.29 is 9.18 Å². The van der Waals surface area contributed by atoms with E-state index in [1.165, 1.54) is 12.1 Å². The molecule has 0 fully saturated rings. The highest BCUT2D eigenvalue weighted by Gasteiger charge is 2.16. The van der Waals surface area contributed by atoms with Crippen molar-refractivity contribution in [1.29, 1.82) is 0 Å². The second-order valence-electron chi connectivity index (χ2n) is 2.87. The molecule has 0 radical (unpaired) electrons. The van der Waals surface area contributed by atoms with Gasteiger partial charge in [0.2, 0.25) is 0 Å². The standard InChI is InChI=1S/C10H9Cl2FO/c1-2-7(11)10(14)6-3-4-9(13)8(12)5-6/h3-5,7H,2H2,1H3. The highest BCUT2D eigenvalue weighted by atomic mass is 35.5. The Balaban J connectivity index is 2.97. The third-order valence-corrected chi connectivity index (χ3v) is 2.64. The Hall–Kier alpha value is -0.600. The fraction of sp³-hybridized carbons (Fsp3) is 0.300. The zero-order valence-electron chi connectivity index (χ0n) is 7.56. The largest absolute Gasteiger partial charge is 0.293 e. The second-order valence-corrected chi connectivity index (χ2v) is 3.80. The average Bonchev–Trinajstić information content (AvgIpc) is 2.20. The Morgan fingerprint density at radius 2 is 2.21 bits per heavy atom. The van der Waals surface area contributed by atoms with Gasteiger partial charge in [0.25, 0.3) is 0 Å². The molecule has 0 amide bonds. The summed E-state index contributed by atoms with van der Waals surface area (Å²) in [7, 11) is 0. The lowest BCUT2D eigenvalue weighted by molar-refractivity contribution is 0.0985. The lowest BCUT2D eigenvalue weighted by Crippen LogP contribution is -2.13. The van der Waals surface area contributed by atoms with E-state index in [4.69, 9.17) is 23.2 Å². The first kappa shape index (κ1) is 11.5. The Morgan fingerprint density at radius 3 is 2.71 bits per heavy atom. The minimum atomic E-state index is -0.573. The van der Waals surface area contributed by atoms with Crippen molar-refractivity contribution in [3.63, 3.8) is 0 Å². The van der Waals surface area contributed by atoms with Gasteiger partial charge in [-0.25, -0.2) is 4.39 Å². The maximum Gasteiger partial charge on any atom is 0.180 e. The first-order chi connectivity index (χ1) is 6.56. The summed E-state index contributed by atoms with van der Waals surface area (Å²) in [6.07, 6.45) is 0.537. The maximum atomic E-state index is 12.8. The average molecular weight is 235 g/mol. The van der Waals surface area contributed by atoms with Gasteiger partial charge in [0.05, 0.1) is 10.4 Å². The molecule has 1 unspecified atom stereocenters. The molecule has 0 bridgehead atoms. The summed E-state index contributed by atoms with van der Waals surface area (Å²) in [5.41, 5.74) is 0.346. The molecule has 1 rings (SSSR count). The monoisotopic (exact) mass is 234 g/mol. The van der Waals surface area contributed by atoms with Crippen molar-refractivity contribution in [3.05, 3.63) is 34.6 Å². The summed E-state index contributed by atoms with van der Waals surface area (Å²) >= 11 is 11.3. The highest BCUT2D eigenvalue weighted by molar-refractivity contribution is 6.35. The molecule has 4 heteroatoms. The van der Waals surface area contributed by atoms with Crippen LogP contribution in [-0.4, -0.2) is 11.2 Å². The van der Waals surface area contributed by atoms with Crippen LogP contribution < -0.4 is 0 Å². The van der Waals surface area contributed by atoms with Gasteiger partial charge in [0.1, 0.15) is 5.82 Å². The van der Waals surface area contributed by atoms with Crippen molar-refractivity contribution >= 4 is 29.0 Å². The molecule has 0 aromatic heterocycles. The molecule has 0 aliphatic heterocycles. The van der Waals surface area contributed by atoms with Gasteiger partial charge in [0, 0.05) is 5.56 Å². The lowest BCUT2D eigenvalue weighted by atomic mass is 10.1. The smallest absolute Gasteiger partial charge is 0.180 e. The van der Waals surface area contributed by atoms with E-state index < -0.39 is 11.2 Å². The summed E-state index contributed by atoms with van der Waals surface area (Å²) in [5.74, 6) is -0.762. The Bertz CT molecular complexity index is 352. The van der Waals surface area contributed by atoms with E-state index in [1.54, 1.807) is 6.92 Å². The number of ketones is 1. The number of hydrogen-bond donors (Lipinski definition) is 0. The minimum Gasteiger partial charge on any atom is -0.293 e. The number of halogens is 3. The highest BCUT2D eigenvalue weighted by Crippen LogP contribution is 2.19. The number of benzene rings is 1. The molecule has 0 N–H and O–H groups in total. The van der Waals surface area contributed by atoms with Crippen molar-refractivity contribution in [2.24, 2.45) is 0 Å². The third-order valence-electron chi connectivity index (χ3n) is 1.85. The van der Waals surface area contributed by atoms with E-state index in [9.17, 15) is 9.18 Å². The quantitative estimate of drug-likeness (QED) is 0.576. The van der Waals surface area contributed by atoms with Crippen LogP contribution in [0.3, 0.4) is 0 Å². The number of carbonyl (C=O) groups excluding carboxylic acids is 1. The molecular formula is C10H9Cl2FO. The van der Waals surface area contributed by atoms with Crippen molar-refractivity contribution in [2.75, 3.05) is 0 Å². The van der Waals surface area contributed by atoms with Gasteiger partial charge in [-0.05, 0) is 24.6 Å². The van der Waals surface area contributed by atoms with Gasteiger partial charge in [-0.3, -0.25) is 4.79 Å². The van der Waals surface area contributed by atoms with E-state index in [2.05, 4.69) is 0 Å². The Labute approximate surface area is 91.8 Å². The van der Waals surface area contributed by atoms with Gasteiger partial charge in [-0.15, -0.1) is 11.6 Å². The fourth-order valence-electron chi connectivity index (χ4n) is 1.02. The van der Waals surface area contributed by atoms with Crippen molar-refractivity contribution in [2.45, 2.75) is 18.7 Å². The lowest BCUT2D eigenvalue weighted by Gasteiger charge is -2.05. The SMILES string of the molecule is CCC(Cl)C(=O)c1ccc(F)c(Cl)c1. The predicted molar refractivity (Wildman–Crippen MR) is 55.7 cm³/mol. The van der Waals surface area contributed by atoms with Crippen LogP contribution in [0, 0.1) is 5.82 Å². The summed E-state index contributed by atoms with van der Waals surface area (Å²) in [4.78, 5) is 11.5. The molecular weight excluding hydrogens is 226 g/mol. The molecule has 1 nitrogen and oxygen atoms in total. The topological polar surface area (TPSA) is 17.1 Å². The van der Waals surface area contributed by atoms with Gasteiger partial charge < -0.3 is 0 Å². The minimum absolute atomic E-state index is 0.0594. The van der Waals surface area contributed by atoms with E-state index in [0.29, 0.717) is 12.0 Å². The van der Waals surface area contributed by atoms with Crippen LogP contribution in [0.25, 0.3) is 0 Å². The molecule has 14 heavy (non-hydrogen) atoms. The van der Waals surface area contributed by atoms with Gasteiger partial charge in [0.15, 0.2) is 5.78 Å². The molecule has 0 aliphatic carbocycles. The van der Waals surface area contributed by atoms with E-state index in [0.717, 1.165) is 6.07 Å². The third kappa shape index (κ3) is 2.46. The first-order valence-electron chi connectivity index (χ1n) is 4.19. The van der Waals surface area contributed by atoms with Crippen LogP contribution in [0.5, 0.6) is 0 Å². The van der Waals surface area contributed by atoms with Gasteiger partial charge in [-0.1, -0.05) is 18.5 Å². The molecule has 1 aromatic carbocycles. The van der Waals surface area contributed by atoms with Crippen LogP contribution in [0.15, 0.2) is 18.2 Å². The zero-order chi connectivity index (χ0) is 10.7. The summed E-state index contributed by atoms with van der Waals surface area (Å²) in [6, 6.07) is 3.84. The van der Waals surface area contributed by atoms with Gasteiger partial charge >= 0.3 is 0 Å². The summed E-state index contributed by atoms with van der Waals surface area (Å²) in [6.45, 7) is 1.81. The molecule has 0 spiro atoms. The second kappa shape index (κ2) is 4.76. The summed E-state index contributed by atoms with van der Waals surface area (Å²) < 4.78 is 12.8. The summed E-state index contributed by atoms with van der Waals surface area (Å²) in [5, 5.41) is -0.632. The van der Waals surface area contributed by atoms with E-state index in [1.807, 2.05) is 0 Å². The van der Waals surface area contributed by atoms with E-state index >= 15 is 0 Å². The van der Waals surface area contributed by atoms with Crippen LogP contribution in [0.1, 0.15) is 23.7 Å². The first-order valence-corrected chi connectivity index (χ1v) is 5.01. The number of rotatable bonds is 3. The fourth-order valence-corrected chi connectivity index (χ4v) is 1.32. The molecule has 0 saturated heterocycles. The van der Waals surface area contributed by atoms with Crippen LogP contribution >= 0.6 is 23.2 Å². The Morgan fingerprint density at radius 1 is 1.57 bits per heavy atom. The predicted octanol–water partition coefficient (Wildman–Crippen LogP) is 3.68.